The molecule has 5 saturated carbocycles. The van der Waals surface area contributed by atoms with Gasteiger partial charge in [-0.25, -0.2) is 0 Å². The molecule has 0 bridgehead atoms. The van der Waals surface area contributed by atoms with E-state index in [1.807, 2.05) is 13.8 Å². The molecule has 5 fully saturated rings. The van der Waals surface area contributed by atoms with Crippen molar-refractivity contribution in [3.8, 4) is 0 Å². The van der Waals surface area contributed by atoms with E-state index in [0.29, 0.717) is 35.5 Å². The quantitative estimate of drug-likeness (QED) is 0.303. The zero-order chi connectivity index (χ0) is 31.0. The highest BCUT2D eigenvalue weighted by Gasteiger charge is 2.72. The number of hydrogen-bond acceptors (Lipinski definition) is 4. The number of fused-ring (bicyclic) bond motifs is 7. The van der Waals surface area contributed by atoms with Crippen molar-refractivity contribution in [2.45, 2.75) is 145 Å². The highest BCUT2D eigenvalue weighted by molar-refractivity contribution is 5.88. The summed E-state index contributed by atoms with van der Waals surface area (Å²) in [6.07, 6.45) is 11.1. The molecule has 0 radical (unpaired) electrons. The second kappa shape index (κ2) is 10.6. The largest absolute Gasteiger partial charge is 0.481 e. The summed E-state index contributed by atoms with van der Waals surface area (Å²) in [4.78, 5) is 38.1. The Morgan fingerprint density at radius 2 is 1.45 bits per heavy atom. The van der Waals surface area contributed by atoms with Gasteiger partial charge in [-0.05, 0) is 116 Å². The Kier molecular flexibility index (Phi) is 8.09. The first-order chi connectivity index (χ1) is 19.5. The SMILES string of the molecule is CC(C)C(=O)O[C@@H]1CC[C@@]2(C)C(CC[C@]3(C)C2CCC2C4C(C(C)C)CC[C@]4(C(=O)CCC(=O)O)CC[C@]23C)C1(C)C. The van der Waals surface area contributed by atoms with Crippen molar-refractivity contribution in [1.29, 1.82) is 0 Å². The number of ketones is 1. The van der Waals surface area contributed by atoms with Crippen LogP contribution in [0.15, 0.2) is 0 Å². The van der Waals surface area contributed by atoms with Crippen molar-refractivity contribution < 1.29 is 24.2 Å². The molecule has 5 aliphatic rings. The van der Waals surface area contributed by atoms with Crippen LogP contribution in [-0.4, -0.2) is 28.9 Å². The van der Waals surface area contributed by atoms with E-state index in [2.05, 4.69) is 48.5 Å². The van der Waals surface area contributed by atoms with Crippen LogP contribution < -0.4 is 0 Å². The Morgan fingerprint density at radius 3 is 2.07 bits per heavy atom. The number of rotatable bonds is 7. The van der Waals surface area contributed by atoms with Gasteiger partial charge in [0, 0.05) is 17.3 Å². The summed E-state index contributed by atoms with van der Waals surface area (Å²) in [5.74, 6) is 2.36. The minimum atomic E-state index is -0.856. The molecule has 5 unspecified atom stereocenters. The lowest BCUT2D eigenvalue weighted by Gasteiger charge is -2.73. The molecular formula is C37H60O5. The fraction of sp³-hybridized carbons (Fsp3) is 0.919. The first-order valence-electron chi connectivity index (χ1n) is 17.4. The van der Waals surface area contributed by atoms with Gasteiger partial charge in [-0.1, -0.05) is 62.3 Å². The standard InChI is InChI=1S/C37H60O5/c1-22(2)24-14-19-37(28(38)12-13-30(39)40)21-20-35(8)25(31(24)37)10-11-27-34(7)17-16-29(42-32(41)23(3)4)33(5,6)26(34)15-18-36(27,35)9/h22-27,29,31H,10-21H2,1-9H3,(H,39,40)/t24?,25?,26?,27?,29-,31?,34+,35-,36-,37-/m1/s1. The van der Waals surface area contributed by atoms with Crippen LogP contribution in [0.25, 0.3) is 0 Å². The van der Waals surface area contributed by atoms with Gasteiger partial charge in [-0.3, -0.25) is 14.4 Å². The molecule has 0 heterocycles. The summed E-state index contributed by atoms with van der Waals surface area (Å²) >= 11 is 0. The Labute approximate surface area is 255 Å². The third-order valence-electron chi connectivity index (χ3n) is 15.1. The molecular weight excluding hydrogens is 524 g/mol. The van der Waals surface area contributed by atoms with E-state index in [1.54, 1.807) is 0 Å². The Hall–Kier alpha value is -1.39. The number of carboxylic acid groups (broad SMARTS) is 1. The normalized spacial score (nSPS) is 45.9. The molecule has 5 heteroatoms. The number of hydrogen-bond donors (Lipinski definition) is 1. The van der Waals surface area contributed by atoms with Gasteiger partial charge in [-0.15, -0.1) is 0 Å². The molecule has 0 aliphatic heterocycles. The second-order valence-electron chi connectivity index (χ2n) is 17.6. The van der Waals surface area contributed by atoms with Crippen molar-refractivity contribution in [3.05, 3.63) is 0 Å². The third kappa shape index (κ3) is 4.46. The second-order valence-corrected chi connectivity index (χ2v) is 17.6. The Morgan fingerprint density at radius 1 is 0.762 bits per heavy atom. The number of carboxylic acids is 1. The summed E-state index contributed by atoms with van der Waals surface area (Å²) in [6.45, 7) is 21.1. The molecule has 5 rings (SSSR count). The van der Waals surface area contributed by atoms with Gasteiger partial charge in [0.05, 0.1) is 12.3 Å². The summed E-state index contributed by atoms with van der Waals surface area (Å²) in [5.41, 5.74) is 0.222. The van der Waals surface area contributed by atoms with Gasteiger partial charge in [0.15, 0.2) is 0 Å². The van der Waals surface area contributed by atoms with E-state index in [9.17, 15) is 19.5 Å². The van der Waals surface area contributed by atoms with Crippen molar-refractivity contribution in [2.24, 2.45) is 68.5 Å². The molecule has 5 nitrogen and oxygen atoms in total. The minimum Gasteiger partial charge on any atom is -0.481 e. The molecule has 0 amide bonds. The third-order valence-corrected chi connectivity index (χ3v) is 15.1. The summed E-state index contributed by atoms with van der Waals surface area (Å²) < 4.78 is 6.17. The molecule has 0 aromatic carbocycles. The molecule has 0 aromatic rings. The Balaban J connectivity index is 1.47. The molecule has 0 spiro atoms. The van der Waals surface area contributed by atoms with Crippen molar-refractivity contribution >= 4 is 17.7 Å². The van der Waals surface area contributed by atoms with Crippen LogP contribution in [0.1, 0.15) is 139 Å². The fourth-order valence-electron chi connectivity index (χ4n) is 12.8. The summed E-state index contributed by atoms with van der Waals surface area (Å²) in [6, 6.07) is 0. The number of aliphatic carboxylic acids is 1. The lowest BCUT2D eigenvalue weighted by atomic mass is 9.32. The smallest absolute Gasteiger partial charge is 0.308 e. The van der Waals surface area contributed by atoms with E-state index < -0.39 is 5.97 Å². The van der Waals surface area contributed by atoms with Crippen LogP contribution in [0, 0.1) is 68.5 Å². The predicted octanol–water partition coefficient (Wildman–Crippen LogP) is 8.73. The lowest BCUT2D eigenvalue weighted by molar-refractivity contribution is -0.250. The van der Waals surface area contributed by atoms with E-state index in [1.165, 1.54) is 25.7 Å². The predicted molar refractivity (Wildman–Crippen MR) is 166 cm³/mol. The zero-order valence-electron chi connectivity index (χ0n) is 28.2. The zero-order valence-corrected chi connectivity index (χ0v) is 28.2. The van der Waals surface area contributed by atoms with Crippen LogP contribution in [0.2, 0.25) is 0 Å². The highest BCUT2D eigenvalue weighted by atomic mass is 16.5. The topological polar surface area (TPSA) is 80.7 Å². The van der Waals surface area contributed by atoms with Crippen molar-refractivity contribution in [3.63, 3.8) is 0 Å². The molecule has 10 atom stereocenters. The molecule has 1 N–H and O–H groups in total. The monoisotopic (exact) mass is 584 g/mol. The number of carbonyl (C=O) groups excluding carboxylic acids is 2. The maximum absolute atomic E-state index is 14.0. The van der Waals surface area contributed by atoms with Crippen molar-refractivity contribution in [2.75, 3.05) is 0 Å². The van der Waals surface area contributed by atoms with Gasteiger partial charge >= 0.3 is 11.9 Å². The van der Waals surface area contributed by atoms with Gasteiger partial charge in [0.25, 0.3) is 0 Å². The van der Waals surface area contributed by atoms with Crippen LogP contribution in [0.5, 0.6) is 0 Å². The molecule has 0 saturated heterocycles. The number of Topliss-reactive ketones (excluding diaryl/α,β-unsaturated/α-hetero) is 1. The van der Waals surface area contributed by atoms with Gasteiger partial charge in [-0.2, -0.15) is 0 Å². The molecule has 238 valence electrons. The number of ether oxygens (including phenoxy) is 1. The van der Waals surface area contributed by atoms with Crippen LogP contribution in [0.3, 0.4) is 0 Å². The number of esters is 1. The van der Waals surface area contributed by atoms with E-state index >= 15 is 0 Å². The summed E-state index contributed by atoms with van der Waals surface area (Å²) in [5, 5.41) is 9.39. The van der Waals surface area contributed by atoms with E-state index in [0.717, 1.165) is 38.5 Å². The Bertz CT molecular complexity index is 1090. The maximum Gasteiger partial charge on any atom is 0.308 e. The minimum absolute atomic E-state index is 0.0147. The molecule has 42 heavy (non-hydrogen) atoms. The van der Waals surface area contributed by atoms with Gasteiger partial charge in [0.1, 0.15) is 11.9 Å². The average molecular weight is 585 g/mol. The van der Waals surface area contributed by atoms with Crippen molar-refractivity contribution in [1.82, 2.24) is 0 Å². The number of carbonyl (C=O) groups is 3. The molecule has 5 aliphatic carbocycles. The molecule has 0 aromatic heterocycles. The summed E-state index contributed by atoms with van der Waals surface area (Å²) in [7, 11) is 0. The van der Waals surface area contributed by atoms with Crippen LogP contribution in [-0.2, 0) is 19.1 Å². The van der Waals surface area contributed by atoms with Crippen LogP contribution >= 0.6 is 0 Å². The maximum atomic E-state index is 14.0. The fourth-order valence-corrected chi connectivity index (χ4v) is 12.8. The average Bonchev–Trinajstić information content (AvgIpc) is 3.30. The van der Waals surface area contributed by atoms with Gasteiger partial charge in [0.2, 0.25) is 0 Å². The van der Waals surface area contributed by atoms with Gasteiger partial charge < -0.3 is 9.84 Å². The van der Waals surface area contributed by atoms with E-state index in [-0.39, 0.29) is 63.7 Å². The van der Waals surface area contributed by atoms with Crippen LogP contribution in [0.4, 0.5) is 0 Å². The first-order valence-corrected chi connectivity index (χ1v) is 17.4. The lowest BCUT2D eigenvalue weighted by Crippen LogP contribution is -2.67. The highest BCUT2D eigenvalue weighted by Crippen LogP contribution is 2.77. The first kappa shape index (κ1) is 32.0. The van der Waals surface area contributed by atoms with E-state index in [4.69, 9.17) is 4.74 Å².